The van der Waals surface area contributed by atoms with Crippen molar-refractivity contribution in [3.63, 3.8) is 0 Å². The SMILES string of the molecule is CCOC(=O)c1c(NC(=O)COc2ccccc2Br)sc(C(=O)OC(C)C)c1C. The molecule has 0 spiro atoms. The van der Waals surface area contributed by atoms with Gasteiger partial charge in [0.1, 0.15) is 15.6 Å². The van der Waals surface area contributed by atoms with Crippen LogP contribution in [-0.4, -0.2) is 37.2 Å². The van der Waals surface area contributed by atoms with Crippen LogP contribution in [0.15, 0.2) is 28.7 Å². The van der Waals surface area contributed by atoms with Gasteiger partial charge in [-0.3, -0.25) is 4.79 Å². The normalized spacial score (nSPS) is 10.6. The average Bonchev–Trinajstić information content (AvgIpc) is 2.96. The van der Waals surface area contributed by atoms with Gasteiger partial charge in [-0.2, -0.15) is 0 Å². The zero-order valence-corrected chi connectivity index (χ0v) is 18.9. The molecule has 0 aliphatic carbocycles. The van der Waals surface area contributed by atoms with E-state index in [9.17, 15) is 14.4 Å². The van der Waals surface area contributed by atoms with Crippen LogP contribution in [0.25, 0.3) is 0 Å². The van der Waals surface area contributed by atoms with E-state index in [2.05, 4.69) is 21.2 Å². The molecule has 1 aromatic carbocycles. The minimum Gasteiger partial charge on any atom is -0.483 e. The number of para-hydroxylation sites is 1. The highest BCUT2D eigenvalue weighted by Crippen LogP contribution is 2.34. The molecule has 2 rings (SSSR count). The first-order valence-electron chi connectivity index (χ1n) is 8.93. The van der Waals surface area contributed by atoms with Crippen molar-refractivity contribution in [3.8, 4) is 5.75 Å². The Morgan fingerprint density at radius 1 is 1.17 bits per heavy atom. The molecule has 29 heavy (non-hydrogen) atoms. The van der Waals surface area contributed by atoms with Gasteiger partial charge in [-0.25, -0.2) is 9.59 Å². The summed E-state index contributed by atoms with van der Waals surface area (Å²) in [5.41, 5.74) is 0.544. The van der Waals surface area contributed by atoms with Crippen molar-refractivity contribution in [2.24, 2.45) is 0 Å². The van der Waals surface area contributed by atoms with Gasteiger partial charge in [0.15, 0.2) is 6.61 Å². The molecule has 0 aliphatic rings. The lowest BCUT2D eigenvalue weighted by Crippen LogP contribution is -2.21. The Morgan fingerprint density at radius 2 is 1.86 bits per heavy atom. The molecule has 0 saturated carbocycles. The summed E-state index contributed by atoms with van der Waals surface area (Å²) in [5, 5.41) is 2.86. The maximum absolute atomic E-state index is 12.4. The number of carbonyl (C=O) groups excluding carboxylic acids is 3. The number of ether oxygens (including phenoxy) is 3. The van der Waals surface area contributed by atoms with Crippen molar-refractivity contribution in [3.05, 3.63) is 44.7 Å². The third kappa shape index (κ3) is 6.04. The summed E-state index contributed by atoms with van der Waals surface area (Å²) in [6.07, 6.45) is -0.314. The van der Waals surface area contributed by atoms with Gasteiger partial charge in [-0.05, 0) is 61.3 Å². The van der Waals surface area contributed by atoms with Crippen LogP contribution in [-0.2, 0) is 14.3 Å². The monoisotopic (exact) mass is 483 g/mol. The average molecular weight is 484 g/mol. The number of benzene rings is 1. The summed E-state index contributed by atoms with van der Waals surface area (Å²) in [7, 11) is 0. The summed E-state index contributed by atoms with van der Waals surface area (Å²) in [5.74, 6) is -1.14. The molecule has 0 fully saturated rings. The van der Waals surface area contributed by atoms with E-state index in [1.807, 2.05) is 6.07 Å². The van der Waals surface area contributed by atoms with Crippen LogP contribution in [0.5, 0.6) is 5.75 Å². The van der Waals surface area contributed by atoms with E-state index >= 15 is 0 Å². The molecule has 156 valence electrons. The predicted molar refractivity (Wildman–Crippen MR) is 114 cm³/mol. The van der Waals surface area contributed by atoms with Gasteiger partial charge in [0.05, 0.1) is 22.7 Å². The summed E-state index contributed by atoms with van der Waals surface area (Å²) >= 11 is 4.31. The smallest absolute Gasteiger partial charge is 0.348 e. The van der Waals surface area contributed by atoms with Gasteiger partial charge < -0.3 is 19.5 Å². The van der Waals surface area contributed by atoms with Crippen molar-refractivity contribution >= 4 is 50.1 Å². The number of hydrogen-bond acceptors (Lipinski definition) is 7. The summed E-state index contributed by atoms with van der Waals surface area (Å²) in [4.78, 5) is 37.4. The number of thiophene rings is 1. The van der Waals surface area contributed by atoms with Gasteiger partial charge in [-0.15, -0.1) is 11.3 Å². The highest BCUT2D eigenvalue weighted by atomic mass is 79.9. The maximum atomic E-state index is 12.4. The van der Waals surface area contributed by atoms with Gasteiger partial charge in [0, 0.05) is 0 Å². The Bertz CT molecular complexity index is 908. The second-order valence-electron chi connectivity index (χ2n) is 6.20. The van der Waals surface area contributed by atoms with Crippen LogP contribution in [0, 0.1) is 6.92 Å². The number of rotatable bonds is 8. The fraction of sp³-hybridized carbons (Fsp3) is 0.350. The van der Waals surface area contributed by atoms with Crippen molar-refractivity contribution in [2.45, 2.75) is 33.8 Å². The molecule has 0 radical (unpaired) electrons. The molecule has 1 heterocycles. The molecule has 7 nitrogen and oxygen atoms in total. The van der Waals surface area contributed by atoms with Crippen LogP contribution in [0.4, 0.5) is 5.00 Å². The Labute approximate surface area is 181 Å². The minimum absolute atomic E-state index is 0.141. The molecule has 9 heteroatoms. The zero-order chi connectivity index (χ0) is 21.6. The molecular weight excluding hydrogens is 462 g/mol. The fourth-order valence-electron chi connectivity index (χ4n) is 2.38. The lowest BCUT2D eigenvalue weighted by Gasteiger charge is -2.09. The Balaban J connectivity index is 2.22. The highest BCUT2D eigenvalue weighted by molar-refractivity contribution is 9.10. The first-order valence-corrected chi connectivity index (χ1v) is 10.5. The molecule has 1 amide bonds. The Hall–Kier alpha value is -2.39. The van der Waals surface area contributed by atoms with Gasteiger partial charge in [0.2, 0.25) is 0 Å². The number of hydrogen-bond donors (Lipinski definition) is 1. The number of halogens is 1. The standard InChI is InChI=1S/C20H22BrNO6S/c1-5-26-19(24)16-12(4)17(20(25)28-11(2)3)29-18(16)22-15(23)10-27-14-9-7-6-8-13(14)21/h6-9,11H,5,10H2,1-4H3,(H,22,23). The van der Waals surface area contributed by atoms with E-state index in [1.165, 1.54) is 0 Å². The summed E-state index contributed by atoms with van der Waals surface area (Å²) in [6.45, 7) is 6.65. The molecule has 1 N–H and O–H groups in total. The Morgan fingerprint density at radius 3 is 2.48 bits per heavy atom. The molecule has 0 saturated heterocycles. The van der Waals surface area contributed by atoms with Crippen LogP contribution in [0.3, 0.4) is 0 Å². The highest BCUT2D eigenvalue weighted by Gasteiger charge is 2.27. The second kappa shape index (κ2) is 10.4. The maximum Gasteiger partial charge on any atom is 0.348 e. The quantitative estimate of drug-likeness (QED) is 0.552. The van der Waals surface area contributed by atoms with Crippen LogP contribution in [0.1, 0.15) is 46.4 Å². The van der Waals surface area contributed by atoms with E-state index in [0.717, 1.165) is 11.3 Å². The van der Waals surface area contributed by atoms with Gasteiger partial charge >= 0.3 is 11.9 Å². The topological polar surface area (TPSA) is 90.9 Å². The first kappa shape index (κ1) is 22.9. The summed E-state index contributed by atoms with van der Waals surface area (Å²) in [6, 6.07) is 7.12. The van der Waals surface area contributed by atoms with E-state index < -0.39 is 17.8 Å². The van der Waals surface area contributed by atoms with Crippen LogP contribution < -0.4 is 10.1 Å². The van der Waals surface area contributed by atoms with Crippen LogP contribution in [0.2, 0.25) is 0 Å². The van der Waals surface area contributed by atoms with Gasteiger partial charge in [-0.1, -0.05) is 12.1 Å². The van der Waals surface area contributed by atoms with Crippen LogP contribution >= 0.6 is 27.3 Å². The second-order valence-corrected chi connectivity index (χ2v) is 8.08. The first-order chi connectivity index (χ1) is 13.7. The number of anilines is 1. The number of esters is 2. The molecule has 0 bridgehead atoms. The van der Waals surface area contributed by atoms with Crippen molar-refractivity contribution in [2.75, 3.05) is 18.5 Å². The number of amides is 1. The lowest BCUT2D eigenvalue weighted by atomic mass is 10.1. The molecule has 0 atom stereocenters. The molecule has 1 aromatic heterocycles. The van der Waals surface area contributed by atoms with Gasteiger partial charge in [0.25, 0.3) is 5.91 Å². The molecular formula is C20H22BrNO6S. The molecule has 2 aromatic rings. The van der Waals surface area contributed by atoms with E-state index in [1.54, 1.807) is 45.9 Å². The summed E-state index contributed by atoms with van der Waals surface area (Å²) < 4.78 is 16.5. The lowest BCUT2D eigenvalue weighted by molar-refractivity contribution is -0.118. The van der Waals surface area contributed by atoms with Crippen molar-refractivity contribution in [1.82, 2.24) is 0 Å². The zero-order valence-electron chi connectivity index (χ0n) is 16.5. The van der Waals surface area contributed by atoms with Crippen molar-refractivity contribution in [1.29, 1.82) is 0 Å². The fourth-order valence-corrected chi connectivity index (χ4v) is 3.87. The molecule has 0 unspecified atom stereocenters. The third-order valence-corrected chi connectivity index (χ3v) is 5.45. The number of nitrogens with one attached hydrogen (secondary N) is 1. The Kier molecular flexibility index (Phi) is 8.21. The largest absolute Gasteiger partial charge is 0.483 e. The number of carbonyl (C=O) groups is 3. The molecule has 0 aliphatic heterocycles. The van der Waals surface area contributed by atoms with Crippen molar-refractivity contribution < 1.29 is 28.6 Å². The van der Waals surface area contributed by atoms with E-state index in [-0.39, 0.29) is 34.8 Å². The van der Waals surface area contributed by atoms with E-state index in [4.69, 9.17) is 14.2 Å². The predicted octanol–water partition coefficient (Wildman–Crippen LogP) is 4.58. The minimum atomic E-state index is -0.619. The third-order valence-electron chi connectivity index (χ3n) is 3.60. The van der Waals surface area contributed by atoms with E-state index in [0.29, 0.717) is 15.8 Å².